The Balaban J connectivity index is 1.94. The third-order valence-electron chi connectivity index (χ3n) is 2.84. The highest BCUT2D eigenvalue weighted by Gasteiger charge is 2.15. The number of amides is 1. The molecule has 1 amide bonds. The zero-order valence-electron chi connectivity index (χ0n) is 9.44. The van der Waals surface area contributed by atoms with Crippen molar-refractivity contribution in [2.24, 2.45) is 5.92 Å². The average molecular weight is 223 g/mol. The van der Waals surface area contributed by atoms with Crippen molar-refractivity contribution in [3.05, 3.63) is 11.9 Å². The number of carbonyl (C=O) groups is 1. The fourth-order valence-electron chi connectivity index (χ4n) is 1.96. The van der Waals surface area contributed by atoms with Gasteiger partial charge in [0.15, 0.2) is 5.69 Å². The molecule has 0 bridgehead atoms. The second-order valence-electron chi connectivity index (χ2n) is 4.12. The number of rotatable bonds is 3. The van der Waals surface area contributed by atoms with E-state index in [1.807, 2.05) is 0 Å². The Labute approximate surface area is 94.4 Å². The molecule has 0 saturated carbocycles. The minimum Gasteiger partial charge on any atom is -0.354 e. The zero-order chi connectivity index (χ0) is 11.4. The molecule has 2 N–H and O–H groups in total. The molecular weight excluding hydrogens is 206 g/mol. The Morgan fingerprint density at radius 2 is 2.62 bits per heavy atom. The van der Waals surface area contributed by atoms with Gasteiger partial charge in [-0.05, 0) is 31.8 Å². The summed E-state index contributed by atoms with van der Waals surface area (Å²) in [6.07, 6.45) is 4.12. The van der Waals surface area contributed by atoms with E-state index in [4.69, 9.17) is 0 Å². The molecule has 6 heteroatoms. The van der Waals surface area contributed by atoms with Gasteiger partial charge in [-0.3, -0.25) is 9.48 Å². The molecule has 1 aromatic heterocycles. The largest absolute Gasteiger partial charge is 0.354 e. The van der Waals surface area contributed by atoms with Crippen molar-refractivity contribution in [1.82, 2.24) is 25.6 Å². The highest BCUT2D eigenvalue weighted by molar-refractivity contribution is 5.91. The van der Waals surface area contributed by atoms with E-state index in [1.54, 1.807) is 17.9 Å². The summed E-state index contributed by atoms with van der Waals surface area (Å²) < 4.78 is 1.75. The SMILES string of the molecule is CNC(=O)c1cn(CC2CCCNC2)nn1. The van der Waals surface area contributed by atoms with Crippen LogP contribution in [0.5, 0.6) is 0 Å². The van der Waals surface area contributed by atoms with Crippen LogP contribution in [0, 0.1) is 5.92 Å². The molecule has 0 aromatic carbocycles. The van der Waals surface area contributed by atoms with Gasteiger partial charge in [-0.2, -0.15) is 0 Å². The molecule has 1 unspecified atom stereocenters. The van der Waals surface area contributed by atoms with Crippen molar-refractivity contribution in [2.75, 3.05) is 20.1 Å². The summed E-state index contributed by atoms with van der Waals surface area (Å²) in [7, 11) is 1.59. The highest BCUT2D eigenvalue weighted by atomic mass is 16.1. The van der Waals surface area contributed by atoms with E-state index in [2.05, 4.69) is 20.9 Å². The van der Waals surface area contributed by atoms with Gasteiger partial charge >= 0.3 is 0 Å². The van der Waals surface area contributed by atoms with Gasteiger partial charge in [0.05, 0.1) is 6.20 Å². The Bertz CT molecular complexity index is 356. The lowest BCUT2D eigenvalue weighted by atomic mass is 10.00. The maximum atomic E-state index is 11.3. The first-order chi connectivity index (χ1) is 7.79. The van der Waals surface area contributed by atoms with E-state index < -0.39 is 0 Å². The molecule has 0 spiro atoms. The van der Waals surface area contributed by atoms with E-state index in [1.165, 1.54) is 12.8 Å². The molecule has 6 nitrogen and oxygen atoms in total. The summed E-state index contributed by atoms with van der Waals surface area (Å²) in [5.74, 6) is 0.404. The van der Waals surface area contributed by atoms with Crippen LogP contribution >= 0.6 is 0 Å². The van der Waals surface area contributed by atoms with Crippen LogP contribution in [0.3, 0.4) is 0 Å². The Morgan fingerprint density at radius 1 is 1.75 bits per heavy atom. The smallest absolute Gasteiger partial charge is 0.273 e. The normalized spacial score (nSPS) is 20.7. The molecule has 0 aliphatic carbocycles. The standard InChI is InChI=1S/C10H17N5O/c1-11-10(16)9-7-15(14-13-9)6-8-3-2-4-12-5-8/h7-8,12H,2-6H2,1H3,(H,11,16). The minimum absolute atomic E-state index is 0.187. The summed E-state index contributed by atoms with van der Waals surface area (Å²) in [6.45, 7) is 2.96. The number of hydrogen-bond acceptors (Lipinski definition) is 4. The number of hydrogen-bond donors (Lipinski definition) is 2. The number of aromatic nitrogens is 3. The average Bonchev–Trinajstić information content (AvgIpc) is 2.78. The van der Waals surface area contributed by atoms with Crippen molar-refractivity contribution in [3.63, 3.8) is 0 Å². The monoisotopic (exact) mass is 223 g/mol. The first kappa shape index (κ1) is 11.1. The summed E-state index contributed by atoms with van der Waals surface area (Å²) in [5, 5.41) is 13.7. The van der Waals surface area contributed by atoms with Crippen LogP contribution in [0.2, 0.25) is 0 Å². The first-order valence-corrected chi connectivity index (χ1v) is 5.62. The van der Waals surface area contributed by atoms with E-state index >= 15 is 0 Å². The molecule has 1 atom stereocenters. The molecule has 16 heavy (non-hydrogen) atoms. The van der Waals surface area contributed by atoms with E-state index in [-0.39, 0.29) is 5.91 Å². The van der Waals surface area contributed by atoms with Crippen LogP contribution in [0.15, 0.2) is 6.20 Å². The van der Waals surface area contributed by atoms with E-state index in [0.717, 1.165) is 19.6 Å². The molecule has 2 rings (SSSR count). The van der Waals surface area contributed by atoms with Crippen LogP contribution in [0.25, 0.3) is 0 Å². The Kier molecular flexibility index (Phi) is 3.51. The van der Waals surface area contributed by atoms with Gasteiger partial charge < -0.3 is 10.6 Å². The lowest BCUT2D eigenvalue weighted by Crippen LogP contribution is -2.32. The number of nitrogens with one attached hydrogen (secondary N) is 2. The van der Waals surface area contributed by atoms with Gasteiger partial charge in [0.1, 0.15) is 0 Å². The molecule has 1 fully saturated rings. The third kappa shape index (κ3) is 2.57. The predicted octanol–water partition coefficient (Wildman–Crippen LogP) is -0.363. The van der Waals surface area contributed by atoms with Crippen LogP contribution in [0.1, 0.15) is 23.3 Å². The fourth-order valence-corrected chi connectivity index (χ4v) is 1.96. The minimum atomic E-state index is -0.187. The zero-order valence-corrected chi connectivity index (χ0v) is 9.44. The molecule has 0 radical (unpaired) electrons. The van der Waals surface area contributed by atoms with Crippen molar-refractivity contribution < 1.29 is 4.79 Å². The topological polar surface area (TPSA) is 71.8 Å². The van der Waals surface area contributed by atoms with Crippen LogP contribution < -0.4 is 10.6 Å². The van der Waals surface area contributed by atoms with Gasteiger partial charge in [0, 0.05) is 13.6 Å². The Morgan fingerprint density at radius 3 is 3.31 bits per heavy atom. The van der Waals surface area contributed by atoms with E-state index in [9.17, 15) is 4.79 Å². The van der Waals surface area contributed by atoms with Gasteiger partial charge in [-0.1, -0.05) is 5.21 Å². The second-order valence-corrected chi connectivity index (χ2v) is 4.12. The van der Waals surface area contributed by atoms with Crippen molar-refractivity contribution in [2.45, 2.75) is 19.4 Å². The third-order valence-corrected chi connectivity index (χ3v) is 2.84. The molecular formula is C10H17N5O. The molecule has 2 heterocycles. The van der Waals surface area contributed by atoms with Gasteiger partial charge in [0.25, 0.3) is 5.91 Å². The lowest BCUT2D eigenvalue weighted by molar-refractivity contribution is 0.0958. The number of nitrogens with zero attached hydrogens (tertiary/aromatic N) is 3. The number of carbonyl (C=O) groups excluding carboxylic acids is 1. The molecule has 1 saturated heterocycles. The van der Waals surface area contributed by atoms with Crippen LogP contribution in [0.4, 0.5) is 0 Å². The first-order valence-electron chi connectivity index (χ1n) is 5.62. The maximum Gasteiger partial charge on any atom is 0.273 e. The molecule has 1 aliphatic heterocycles. The quantitative estimate of drug-likeness (QED) is 0.734. The second kappa shape index (κ2) is 5.07. The van der Waals surface area contributed by atoms with Crippen LogP contribution in [-0.2, 0) is 6.54 Å². The van der Waals surface area contributed by atoms with E-state index in [0.29, 0.717) is 11.6 Å². The summed E-state index contributed by atoms with van der Waals surface area (Å²) in [4.78, 5) is 11.3. The fraction of sp³-hybridized carbons (Fsp3) is 0.700. The van der Waals surface area contributed by atoms with Gasteiger partial charge in [-0.15, -0.1) is 5.10 Å². The lowest BCUT2D eigenvalue weighted by Gasteiger charge is -2.22. The van der Waals surface area contributed by atoms with Crippen molar-refractivity contribution in [3.8, 4) is 0 Å². The Hall–Kier alpha value is -1.43. The predicted molar refractivity (Wildman–Crippen MR) is 59.0 cm³/mol. The maximum absolute atomic E-state index is 11.3. The highest BCUT2D eigenvalue weighted by Crippen LogP contribution is 2.11. The molecule has 1 aliphatic rings. The summed E-state index contributed by atoms with van der Waals surface area (Å²) in [5.41, 5.74) is 0.381. The van der Waals surface area contributed by atoms with Gasteiger partial charge in [-0.25, -0.2) is 0 Å². The number of piperidine rings is 1. The molecule has 1 aromatic rings. The van der Waals surface area contributed by atoms with Crippen LogP contribution in [-0.4, -0.2) is 41.0 Å². The summed E-state index contributed by atoms with van der Waals surface area (Å²) >= 11 is 0. The molecule has 88 valence electrons. The van der Waals surface area contributed by atoms with Gasteiger partial charge in [0.2, 0.25) is 0 Å². The van der Waals surface area contributed by atoms with Crippen molar-refractivity contribution >= 4 is 5.91 Å². The summed E-state index contributed by atoms with van der Waals surface area (Å²) in [6, 6.07) is 0. The van der Waals surface area contributed by atoms with Crippen molar-refractivity contribution in [1.29, 1.82) is 0 Å².